The first-order chi connectivity index (χ1) is 15.8. The van der Waals surface area contributed by atoms with Gasteiger partial charge < -0.3 is 0 Å². The molecule has 0 saturated heterocycles. The summed E-state index contributed by atoms with van der Waals surface area (Å²) in [5.41, 5.74) is 2.68. The molecule has 32 heavy (non-hydrogen) atoms. The number of aromatic nitrogens is 5. The van der Waals surface area contributed by atoms with E-state index in [-0.39, 0.29) is 5.91 Å². The molecule has 5 rings (SSSR count). The van der Waals surface area contributed by atoms with Gasteiger partial charge in [0.1, 0.15) is 0 Å². The van der Waals surface area contributed by atoms with Crippen LogP contribution in [0.4, 0.5) is 5.13 Å². The number of fused-ring (bicyclic) bond motifs is 1. The number of amides is 1. The molecule has 0 fully saturated rings. The van der Waals surface area contributed by atoms with E-state index >= 15 is 0 Å². The maximum Gasteiger partial charge on any atom is 0.258 e. The Morgan fingerprint density at radius 1 is 1.03 bits per heavy atom. The third-order valence-electron chi connectivity index (χ3n) is 5.34. The number of thiazole rings is 1. The lowest BCUT2D eigenvalue weighted by atomic mass is 10.2. The van der Waals surface area contributed by atoms with Gasteiger partial charge in [-0.2, -0.15) is 4.68 Å². The van der Waals surface area contributed by atoms with Crippen LogP contribution in [0, 0.1) is 0 Å². The van der Waals surface area contributed by atoms with Gasteiger partial charge in [-0.3, -0.25) is 10.1 Å². The third-order valence-corrected chi connectivity index (χ3v) is 7.48. The van der Waals surface area contributed by atoms with Crippen molar-refractivity contribution in [3.8, 4) is 5.69 Å². The summed E-state index contributed by atoms with van der Waals surface area (Å²) >= 11 is 3.15. The molecule has 0 radical (unpaired) electrons. The first-order valence-electron chi connectivity index (χ1n) is 10.6. The zero-order valence-electron chi connectivity index (χ0n) is 17.4. The fourth-order valence-corrected chi connectivity index (χ4v) is 5.74. The number of hydrogen-bond acceptors (Lipinski definition) is 7. The second-order valence-corrected chi connectivity index (χ2v) is 9.63. The predicted octanol–water partition coefficient (Wildman–Crippen LogP) is 4.93. The highest BCUT2D eigenvalue weighted by Gasteiger charge is 2.18. The SMILES string of the molecule is O=C(Nc1nc2c(s1)CCCCC2)c1ccccc1SCc1nnnn1-c1ccccc1. The van der Waals surface area contributed by atoms with Gasteiger partial charge >= 0.3 is 0 Å². The van der Waals surface area contributed by atoms with Crippen molar-refractivity contribution in [3.63, 3.8) is 0 Å². The molecule has 2 heterocycles. The van der Waals surface area contributed by atoms with Gasteiger partial charge in [0.25, 0.3) is 5.91 Å². The maximum absolute atomic E-state index is 13.1. The average molecular weight is 463 g/mol. The van der Waals surface area contributed by atoms with Crippen LogP contribution in [0.3, 0.4) is 0 Å². The van der Waals surface area contributed by atoms with E-state index in [0.29, 0.717) is 16.4 Å². The number of carbonyl (C=O) groups excluding carboxylic acids is 1. The summed E-state index contributed by atoms with van der Waals surface area (Å²) in [5, 5.41) is 15.8. The van der Waals surface area contributed by atoms with Crippen molar-refractivity contribution in [1.82, 2.24) is 25.2 Å². The standard InChI is InChI=1S/C23H22N6OS2/c30-22(25-23-24-18-12-5-2-6-14-20(18)32-23)17-11-7-8-13-19(17)31-15-21-26-27-28-29(21)16-9-3-1-4-10-16/h1,3-4,7-11,13H,2,5-6,12,14-15H2,(H,24,25,30). The Morgan fingerprint density at radius 2 is 1.84 bits per heavy atom. The Kier molecular flexibility index (Phi) is 6.27. The molecule has 7 nitrogen and oxygen atoms in total. The molecule has 0 unspecified atom stereocenters. The molecule has 1 aliphatic rings. The lowest BCUT2D eigenvalue weighted by molar-refractivity contribution is 0.102. The number of para-hydroxylation sites is 1. The molecule has 2 aromatic carbocycles. The van der Waals surface area contributed by atoms with Crippen molar-refractivity contribution in [3.05, 3.63) is 76.6 Å². The van der Waals surface area contributed by atoms with Gasteiger partial charge in [-0.15, -0.1) is 28.2 Å². The fraction of sp³-hybridized carbons (Fsp3) is 0.261. The van der Waals surface area contributed by atoms with Crippen LogP contribution in [0.25, 0.3) is 5.69 Å². The summed E-state index contributed by atoms with van der Waals surface area (Å²) in [6.07, 6.45) is 5.69. The molecule has 162 valence electrons. The zero-order chi connectivity index (χ0) is 21.8. The summed E-state index contributed by atoms with van der Waals surface area (Å²) in [4.78, 5) is 19.9. The molecule has 1 aliphatic carbocycles. The second-order valence-electron chi connectivity index (χ2n) is 7.53. The molecule has 1 amide bonds. The van der Waals surface area contributed by atoms with Gasteiger partial charge in [-0.25, -0.2) is 4.98 Å². The Balaban J connectivity index is 1.31. The molecule has 1 N–H and O–H groups in total. The molecule has 0 atom stereocenters. The van der Waals surface area contributed by atoms with Gasteiger partial charge in [0.2, 0.25) is 0 Å². The minimum atomic E-state index is -0.139. The van der Waals surface area contributed by atoms with E-state index in [4.69, 9.17) is 0 Å². The normalized spacial score (nSPS) is 13.4. The Bertz CT molecular complexity index is 1200. The van der Waals surface area contributed by atoms with Gasteiger partial charge in [0, 0.05) is 9.77 Å². The monoisotopic (exact) mass is 462 g/mol. The number of hydrogen-bond donors (Lipinski definition) is 1. The molecule has 0 spiro atoms. The number of nitrogens with zero attached hydrogens (tertiary/aromatic N) is 5. The second kappa shape index (κ2) is 9.62. The van der Waals surface area contributed by atoms with E-state index < -0.39 is 0 Å². The lowest BCUT2D eigenvalue weighted by Crippen LogP contribution is -2.13. The van der Waals surface area contributed by atoms with Crippen LogP contribution in [0.15, 0.2) is 59.5 Å². The number of nitrogens with one attached hydrogen (secondary N) is 1. The van der Waals surface area contributed by atoms with E-state index in [1.807, 2.05) is 54.6 Å². The highest BCUT2D eigenvalue weighted by atomic mass is 32.2. The van der Waals surface area contributed by atoms with Crippen LogP contribution < -0.4 is 5.32 Å². The number of thioether (sulfide) groups is 1. The van der Waals surface area contributed by atoms with Crippen LogP contribution in [-0.2, 0) is 18.6 Å². The molecular formula is C23H22N6OS2. The van der Waals surface area contributed by atoms with Crippen LogP contribution in [0.5, 0.6) is 0 Å². The first kappa shape index (κ1) is 20.8. The maximum atomic E-state index is 13.1. The van der Waals surface area contributed by atoms with Crippen molar-refractivity contribution < 1.29 is 4.79 Å². The van der Waals surface area contributed by atoms with Crippen LogP contribution in [0.2, 0.25) is 0 Å². The molecule has 0 aliphatic heterocycles. The minimum absolute atomic E-state index is 0.139. The number of tetrazole rings is 1. The van der Waals surface area contributed by atoms with E-state index in [2.05, 4.69) is 25.8 Å². The van der Waals surface area contributed by atoms with Crippen molar-refractivity contribution in [2.45, 2.75) is 42.8 Å². The van der Waals surface area contributed by atoms with Crippen LogP contribution >= 0.6 is 23.1 Å². The fourth-order valence-electron chi connectivity index (χ4n) is 3.73. The molecule has 0 bridgehead atoms. The highest BCUT2D eigenvalue weighted by Crippen LogP contribution is 2.31. The molecule has 9 heteroatoms. The van der Waals surface area contributed by atoms with Crippen molar-refractivity contribution in [1.29, 1.82) is 0 Å². The average Bonchev–Trinajstić information content (AvgIpc) is 3.39. The number of carbonyl (C=O) groups is 1. The summed E-state index contributed by atoms with van der Waals surface area (Å²) in [6, 6.07) is 17.4. The molecular weight excluding hydrogens is 440 g/mol. The van der Waals surface area contributed by atoms with Crippen LogP contribution in [0.1, 0.15) is 46.0 Å². The zero-order valence-corrected chi connectivity index (χ0v) is 19.0. The minimum Gasteiger partial charge on any atom is -0.298 e. The van der Waals surface area contributed by atoms with Crippen molar-refractivity contribution >= 4 is 34.1 Å². The largest absolute Gasteiger partial charge is 0.298 e. The van der Waals surface area contributed by atoms with E-state index in [9.17, 15) is 4.79 Å². The predicted molar refractivity (Wildman–Crippen MR) is 126 cm³/mol. The van der Waals surface area contributed by atoms with E-state index in [1.165, 1.54) is 24.1 Å². The lowest BCUT2D eigenvalue weighted by Gasteiger charge is -2.09. The highest BCUT2D eigenvalue weighted by molar-refractivity contribution is 7.98. The summed E-state index contributed by atoms with van der Waals surface area (Å²) in [5.74, 6) is 1.12. The number of benzene rings is 2. The first-order valence-corrected chi connectivity index (χ1v) is 12.4. The number of aryl methyl sites for hydroxylation is 2. The molecule has 0 saturated carbocycles. The summed E-state index contributed by atoms with van der Waals surface area (Å²) in [7, 11) is 0. The number of rotatable bonds is 6. The smallest absolute Gasteiger partial charge is 0.258 e. The third kappa shape index (κ3) is 4.58. The van der Waals surface area contributed by atoms with E-state index in [0.717, 1.165) is 34.9 Å². The summed E-state index contributed by atoms with van der Waals surface area (Å²) in [6.45, 7) is 0. The molecule has 4 aromatic rings. The Morgan fingerprint density at radius 3 is 2.75 bits per heavy atom. The van der Waals surface area contributed by atoms with Crippen LogP contribution in [-0.4, -0.2) is 31.1 Å². The Hall–Kier alpha value is -3.04. The van der Waals surface area contributed by atoms with Gasteiger partial charge in [0.15, 0.2) is 11.0 Å². The Labute approximate surface area is 194 Å². The van der Waals surface area contributed by atoms with Gasteiger partial charge in [-0.05, 0) is 60.4 Å². The quantitative estimate of drug-likeness (QED) is 0.323. The molecule has 2 aromatic heterocycles. The topological polar surface area (TPSA) is 85.6 Å². The summed E-state index contributed by atoms with van der Waals surface area (Å²) < 4.78 is 1.72. The van der Waals surface area contributed by atoms with Gasteiger partial charge in [0.05, 0.1) is 22.7 Å². The van der Waals surface area contributed by atoms with Crippen molar-refractivity contribution in [2.75, 3.05) is 5.32 Å². The van der Waals surface area contributed by atoms with E-state index in [1.54, 1.807) is 27.8 Å². The van der Waals surface area contributed by atoms with Crippen molar-refractivity contribution in [2.24, 2.45) is 0 Å². The number of anilines is 1. The van der Waals surface area contributed by atoms with Gasteiger partial charge in [-0.1, -0.05) is 36.8 Å².